The monoisotopic (exact) mass is 335 g/mol. The topological polar surface area (TPSA) is 52.9 Å². The molecule has 1 heterocycles. The maximum Gasteiger partial charge on any atom is 0.162 e. The van der Waals surface area contributed by atoms with E-state index in [0.717, 1.165) is 18.5 Å². The number of aliphatic hydroxyl groups is 1. The Labute approximate surface area is 142 Å². The first-order valence-electron chi connectivity index (χ1n) is 7.99. The van der Waals surface area contributed by atoms with E-state index >= 15 is 0 Å². The average molecular weight is 335 g/mol. The molecule has 4 nitrogen and oxygen atoms in total. The molecule has 0 aliphatic rings. The van der Waals surface area contributed by atoms with Crippen molar-refractivity contribution in [3.63, 3.8) is 0 Å². The zero-order chi connectivity index (χ0) is 16.7. The lowest BCUT2D eigenvalue weighted by Crippen LogP contribution is -2.36. The van der Waals surface area contributed by atoms with Crippen LogP contribution in [0.25, 0.3) is 0 Å². The summed E-state index contributed by atoms with van der Waals surface area (Å²) in [5.41, 5.74) is 2.04. The smallest absolute Gasteiger partial charge is 0.162 e. The van der Waals surface area contributed by atoms with Gasteiger partial charge in [0.25, 0.3) is 0 Å². The van der Waals surface area contributed by atoms with Gasteiger partial charge in [-0.3, -0.25) is 4.90 Å². The molecule has 126 valence electrons. The van der Waals surface area contributed by atoms with Crippen molar-refractivity contribution in [2.45, 2.75) is 39.4 Å². The predicted molar refractivity (Wildman–Crippen MR) is 94.0 cm³/mol. The highest BCUT2D eigenvalue weighted by molar-refractivity contribution is 7.07. The van der Waals surface area contributed by atoms with E-state index in [4.69, 9.17) is 4.74 Å². The first kappa shape index (κ1) is 17.8. The number of rotatable bonds is 9. The van der Waals surface area contributed by atoms with E-state index in [-0.39, 0.29) is 18.4 Å². The van der Waals surface area contributed by atoms with Crippen molar-refractivity contribution >= 4 is 11.3 Å². The Bertz CT molecular complexity index is 582. The molecule has 5 heteroatoms. The van der Waals surface area contributed by atoms with Crippen LogP contribution < -0.4 is 4.74 Å². The third-order valence-corrected chi connectivity index (χ3v) is 4.65. The summed E-state index contributed by atoms with van der Waals surface area (Å²) in [5.74, 6) is 0.704. The van der Waals surface area contributed by atoms with Crippen molar-refractivity contribution in [1.82, 2.24) is 4.90 Å². The van der Waals surface area contributed by atoms with Gasteiger partial charge in [-0.25, -0.2) is 0 Å². The van der Waals surface area contributed by atoms with Crippen LogP contribution in [0.4, 0.5) is 0 Å². The number of hydrogen-bond acceptors (Lipinski definition) is 5. The molecule has 2 N–H and O–H groups in total. The Hall–Kier alpha value is -1.56. The van der Waals surface area contributed by atoms with E-state index in [2.05, 4.69) is 28.7 Å². The molecule has 23 heavy (non-hydrogen) atoms. The van der Waals surface area contributed by atoms with E-state index in [1.807, 2.05) is 19.1 Å². The van der Waals surface area contributed by atoms with Crippen LogP contribution in [0.5, 0.6) is 11.5 Å². The van der Waals surface area contributed by atoms with E-state index in [1.165, 1.54) is 5.56 Å². The SMILES string of the molecule is CCOc1cccc(CN(Cc2ccsc2)[C@H](CC)CO)c1O. The quantitative estimate of drug-likeness (QED) is 0.735. The maximum absolute atomic E-state index is 10.4. The molecule has 2 aromatic rings. The Morgan fingerprint density at radius 3 is 2.65 bits per heavy atom. The summed E-state index contributed by atoms with van der Waals surface area (Å²) in [6.45, 7) is 5.91. The van der Waals surface area contributed by atoms with Gasteiger partial charge < -0.3 is 14.9 Å². The molecule has 1 aromatic heterocycles. The Morgan fingerprint density at radius 1 is 1.22 bits per heavy atom. The van der Waals surface area contributed by atoms with Crippen LogP contribution in [-0.2, 0) is 13.1 Å². The molecular formula is C18H25NO3S. The summed E-state index contributed by atoms with van der Waals surface area (Å²) in [4.78, 5) is 2.20. The number of ether oxygens (including phenoxy) is 1. The van der Waals surface area contributed by atoms with Gasteiger partial charge in [-0.05, 0) is 41.8 Å². The lowest BCUT2D eigenvalue weighted by molar-refractivity contribution is 0.106. The summed E-state index contributed by atoms with van der Waals surface area (Å²) in [6, 6.07) is 7.73. The van der Waals surface area contributed by atoms with E-state index in [9.17, 15) is 10.2 Å². The van der Waals surface area contributed by atoms with Gasteiger partial charge in [0.15, 0.2) is 11.5 Å². The normalized spacial score (nSPS) is 12.5. The van der Waals surface area contributed by atoms with Crippen LogP contribution in [0.1, 0.15) is 31.4 Å². The fraction of sp³-hybridized carbons (Fsp3) is 0.444. The molecule has 0 spiro atoms. The highest BCUT2D eigenvalue weighted by Gasteiger charge is 2.19. The Morgan fingerprint density at radius 2 is 2.04 bits per heavy atom. The van der Waals surface area contributed by atoms with E-state index < -0.39 is 0 Å². The summed E-state index contributed by atoms with van der Waals surface area (Å²) >= 11 is 1.67. The molecular weight excluding hydrogens is 310 g/mol. The van der Waals surface area contributed by atoms with E-state index in [0.29, 0.717) is 18.9 Å². The lowest BCUT2D eigenvalue weighted by atomic mass is 10.1. The molecule has 0 saturated carbocycles. The van der Waals surface area contributed by atoms with E-state index in [1.54, 1.807) is 17.4 Å². The van der Waals surface area contributed by atoms with Crippen molar-refractivity contribution in [3.05, 3.63) is 46.2 Å². The minimum absolute atomic E-state index is 0.0602. The van der Waals surface area contributed by atoms with Crippen LogP contribution in [0.3, 0.4) is 0 Å². The zero-order valence-electron chi connectivity index (χ0n) is 13.7. The van der Waals surface area contributed by atoms with Crippen LogP contribution in [0.15, 0.2) is 35.0 Å². The summed E-state index contributed by atoms with van der Waals surface area (Å²) in [5, 5.41) is 24.3. The number of nitrogens with zero attached hydrogens (tertiary/aromatic N) is 1. The third-order valence-electron chi connectivity index (χ3n) is 3.92. The van der Waals surface area contributed by atoms with Gasteiger partial charge >= 0.3 is 0 Å². The second-order valence-corrected chi connectivity index (χ2v) is 6.26. The highest BCUT2D eigenvalue weighted by Crippen LogP contribution is 2.31. The number of hydrogen-bond donors (Lipinski definition) is 2. The minimum Gasteiger partial charge on any atom is -0.504 e. The molecule has 0 aliphatic heterocycles. The van der Waals surface area contributed by atoms with Crippen LogP contribution in [-0.4, -0.2) is 34.4 Å². The van der Waals surface area contributed by atoms with Crippen molar-refractivity contribution in [3.8, 4) is 11.5 Å². The molecule has 1 aromatic carbocycles. The fourth-order valence-corrected chi connectivity index (χ4v) is 3.28. The number of para-hydroxylation sites is 1. The Kier molecular flexibility index (Phi) is 6.89. The fourth-order valence-electron chi connectivity index (χ4n) is 2.62. The average Bonchev–Trinajstić information content (AvgIpc) is 3.05. The second kappa shape index (κ2) is 8.91. The molecule has 0 radical (unpaired) electrons. The number of phenolic OH excluding ortho intramolecular Hbond substituents is 1. The summed E-state index contributed by atoms with van der Waals surface area (Å²) in [6.07, 6.45) is 0.854. The third kappa shape index (κ3) is 4.70. The first-order valence-corrected chi connectivity index (χ1v) is 8.93. The second-order valence-electron chi connectivity index (χ2n) is 5.48. The standard InChI is InChI=1S/C18H25NO3S/c1-3-16(12-20)19(10-14-8-9-23-13-14)11-15-6-5-7-17(18(15)21)22-4-2/h5-9,13,16,20-21H,3-4,10-12H2,1-2H3/t16-/m1/s1. The van der Waals surface area contributed by atoms with Gasteiger partial charge in [-0.15, -0.1) is 0 Å². The predicted octanol–water partition coefficient (Wildman–Crippen LogP) is 3.63. The van der Waals surface area contributed by atoms with Gasteiger partial charge in [0.1, 0.15) is 0 Å². The number of aromatic hydroxyl groups is 1. The number of phenols is 1. The summed E-state index contributed by atoms with van der Waals surface area (Å²) < 4.78 is 5.46. The number of thiophene rings is 1. The largest absolute Gasteiger partial charge is 0.504 e. The van der Waals surface area contributed by atoms with Crippen molar-refractivity contribution < 1.29 is 14.9 Å². The first-order chi connectivity index (χ1) is 11.2. The zero-order valence-corrected chi connectivity index (χ0v) is 14.6. The van der Waals surface area contributed by atoms with Gasteiger partial charge in [0, 0.05) is 24.7 Å². The van der Waals surface area contributed by atoms with Gasteiger partial charge in [-0.2, -0.15) is 11.3 Å². The Balaban J connectivity index is 2.21. The van der Waals surface area contributed by atoms with Gasteiger partial charge in [0.2, 0.25) is 0 Å². The highest BCUT2D eigenvalue weighted by atomic mass is 32.1. The molecule has 1 atom stereocenters. The molecule has 2 rings (SSSR count). The molecule has 0 saturated heterocycles. The van der Waals surface area contributed by atoms with Crippen LogP contribution in [0, 0.1) is 0 Å². The molecule has 0 aliphatic carbocycles. The lowest BCUT2D eigenvalue weighted by Gasteiger charge is -2.30. The molecule has 0 bridgehead atoms. The number of benzene rings is 1. The van der Waals surface area contributed by atoms with Gasteiger partial charge in [0.05, 0.1) is 13.2 Å². The molecule has 0 amide bonds. The number of aliphatic hydroxyl groups excluding tert-OH is 1. The van der Waals surface area contributed by atoms with Gasteiger partial charge in [-0.1, -0.05) is 19.1 Å². The molecule has 0 unspecified atom stereocenters. The minimum atomic E-state index is 0.0602. The van der Waals surface area contributed by atoms with Crippen LogP contribution in [0.2, 0.25) is 0 Å². The maximum atomic E-state index is 10.4. The summed E-state index contributed by atoms with van der Waals surface area (Å²) in [7, 11) is 0. The van der Waals surface area contributed by atoms with Crippen molar-refractivity contribution in [2.75, 3.05) is 13.2 Å². The van der Waals surface area contributed by atoms with Crippen LogP contribution >= 0.6 is 11.3 Å². The van der Waals surface area contributed by atoms with Crippen molar-refractivity contribution in [1.29, 1.82) is 0 Å². The van der Waals surface area contributed by atoms with Crippen molar-refractivity contribution in [2.24, 2.45) is 0 Å². The molecule has 0 fully saturated rings.